The molecule has 1 aliphatic heterocycles. The molecule has 0 bridgehead atoms. The standard InChI is InChI=1S/C32H39N3O10/c36-16-18-42-17-15-33-28(37)19-25-13-7-8-14-26(35-32(41)45-21-24-11-5-2-6-12-24)30(39)44-22-27(34-29(25)38)31(40)43-20-23-9-3-1-4-10-23/h1-12,25-27,36H,13-22H2,(H,33,37)(H,34,38)(H,35,41)/t25-,26-,27-/m1/s1. The fourth-order valence-corrected chi connectivity index (χ4v) is 4.18. The molecule has 0 fully saturated rings. The summed E-state index contributed by atoms with van der Waals surface area (Å²) in [4.78, 5) is 64.3. The molecule has 45 heavy (non-hydrogen) atoms. The summed E-state index contributed by atoms with van der Waals surface area (Å²) in [7, 11) is 0. The van der Waals surface area contributed by atoms with Crippen LogP contribution in [-0.4, -0.2) is 80.0 Å². The molecule has 0 saturated heterocycles. The Kier molecular flexibility index (Phi) is 15.1. The molecule has 13 heteroatoms. The van der Waals surface area contributed by atoms with Crippen LogP contribution >= 0.6 is 0 Å². The molecule has 2 aromatic carbocycles. The van der Waals surface area contributed by atoms with Gasteiger partial charge in [0.1, 0.15) is 25.9 Å². The van der Waals surface area contributed by atoms with Gasteiger partial charge in [0, 0.05) is 13.0 Å². The first-order chi connectivity index (χ1) is 21.9. The molecule has 2 aromatic rings. The van der Waals surface area contributed by atoms with Crippen LogP contribution in [0.3, 0.4) is 0 Å². The Bertz CT molecular complexity index is 1270. The van der Waals surface area contributed by atoms with Crippen molar-refractivity contribution in [1.82, 2.24) is 16.0 Å². The Labute approximate surface area is 261 Å². The second-order valence-corrected chi connectivity index (χ2v) is 10.1. The minimum atomic E-state index is -1.38. The number of ether oxygens (including phenoxy) is 4. The van der Waals surface area contributed by atoms with Gasteiger partial charge in [-0.25, -0.2) is 14.4 Å². The van der Waals surface area contributed by atoms with Crippen molar-refractivity contribution >= 4 is 29.8 Å². The molecule has 13 nitrogen and oxygen atoms in total. The van der Waals surface area contributed by atoms with Crippen LogP contribution in [0.4, 0.5) is 4.79 Å². The highest BCUT2D eigenvalue weighted by molar-refractivity contribution is 5.89. The van der Waals surface area contributed by atoms with E-state index < -0.39 is 54.5 Å². The molecule has 3 rings (SSSR count). The molecule has 3 atom stereocenters. The van der Waals surface area contributed by atoms with Crippen molar-refractivity contribution in [2.24, 2.45) is 5.92 Å². The number of carbonyl (C=O) groups is 5. The molecular formula is C32H39N3O10. The lowest BCUT2D eigenvalue weighted by molar-refractivity contribution is -0.156. The lowest BCUT2D eigenvalue weighted by Gasteiger charge is -2.23. The van der Waals surface area contributed by atoms with Crippen molar-refractivity contribution in [3.63, 3.8) is 0 Å². The summed E-state index contributed by atoms with van der Waals surface area (Å²) < 4.78 is 21.1. The van der Waals surface area contributed by atoms with E-state index in [0.717, 1.165) is 5.56 Å². The van der Waals surface area contributed by atoms with Gasteiger partial charge >= 0.3 is 18.0 Å². The number of hydrogen-bond acceptors (Lipinski definition) is 10. The van der Waals surface area contributed by atoms with Gasteiger partial charge in [0.25, 0.3) is 0 Å². The van der Waals surface area contributed by atoms with E-state index in [1.807, 2.05) is 12.1 Å². The van der Waals surface area contributed by atoms with Gasteiger partial charge in [-0.05, 0) is 24.0 Å². The maximum Gasteiger partial charge on any atom is 0.408 e. The largest absolute Gasteiger partial charge is 0.461 e. The Morgan fingerprint density at radius 3 is 2.20 bits per heavy atom. The van der Waals surface area contributed by atoms with Gasteiger partial charge in [-0.15, -0.1) is 0 Å². The minimum Gasteiger partial charge on any atom is -0.461 e. The third kappa shape index (κ3) is 13.2. The Morgan fingerprint density at radius 1 is 0.889 bits per heavy atom. The number of rotatable bonds is 13. The van der Waals surface area contributed by atoms with Crippen LogP contribution in [0.15, 0.2) is 72.8 Å². The summed E-state index contributed by atoms with van der Waals surface area (Å²) in [6, 6.07) is 15.4. The zero-order valence-corrected chi connectivity index (χ0v) is 24.9. The van der Waals surface area contributed by atoms with E-state index in [1.165, 1.54) is 0 Å². The van der Waals surface area contributed by atoms with Crippen LogP contribution < -0.4 is 16.0 Å². The van der Waals surface area contributed by atoms with E-state index in [2.05, 4.69) is 16.0 Å². The number of benzene rings is 2. The predicted octanol–water partition coefficient (Wildman–Crippen LogP) is 1.53. The number of nitrogens with one attached hydrogen (secondary N) is 3. The van der Waals surface area contributed by atoms with Gasteiger partial charge in [-0.2, -0.15) is 0 Å². The van der Waals surface area contributed by atoms with Crippen LogP contribution in [0.5, 0.6) is 0 Å². The zero-order valence-electron chi connectivity index (χ0n) is 24.9. The third-order valence-corrected chi connectivity index (χ3v) is 6.57. The maximum absolute atomic E-state index is 13.3. The molecule has 0 spiro atoms. The van der Waals surface area contributed by atoms with Crippen molar-refractivity contribution in [2.45, 2.75) is 44.6 Å². The smallest absolute Gasteiger partial charge is 0.408 e. The third-order valence-electron chi connectivity index (χ3n) is 6.57. The number of aliphatic hydroxyl groups excluding tert-OH is 1. The van der Waals surface area contributed by atoms with Crippen molar-refractivity contribution < 1.29 is 48.0 Å². The molecule has 4 N–H and O–H groups in total. The number of aliphatic hydroxyl groups is 1. The fourth-order valence-electron chi connectivity index (χ4n) is 4.18. The molecule has 242 valence electrons. The molecule has 0 aromatic heterocycles. The minimum absolute atomic E-state index is 0.00508. The topological polar surface area (TPSA) is 179 Å². The summed E-state index contributed by atoms with van der Waals surface area (Å²) in [5, 5.41) is 16.5. The van der Waals surface area contributed by atoms with Crippen LogP contribution in [0.2, 0.25) is 0 Å². The van der Waals surface area contributed by atoms with Crippen molar-refractivity contribution in [3.8, 4) is 0 Å². The quantitative estimate of drug-likeness (QED) is 0.110. The van der Waals surface area contributed by atoms with Gasteiger partial charge in [0.05, 0.1) is 25.7 Å². The van der Waals surface area contributed by atoms with E-state index >= 15 is 0 Å². The summed E-state index contributed by atoms with van der Waals surface area (Å²) in [6.45, 7) is -0.294. The van der Waals surface area contributed by atoms with Crippen LogP contribution in [-0.2, 0) is 51.3 Å². The number of alkyl carbamates (subject to hydrolysis) is 1. The first kappa shape index (κ1) is 34.7. The van der Waals surface area contributed by atoms with Crippen LogP contribution in [0.1, 0.15) is 30.4 Å². The molecular weight excluding hydrogens is 586 g/mol. The second-order valence-electron chi connectivity index (χ2n) is 10.1. The molecule has 0 saturated carbocycles. The van der Waals surface area contributed by atoms with E-state index in [0.29, 0.717) is 5.56 Å². The van der Waals surface area contributed by atoms with Gasteiger partial charge in [0.15, 0.2) is 6.04 Å². The highest BCUT2D eigenvalue weighted by Gasteiger charge is 2.31. The maximum atomic E-state index is 13.3. The number of carbonyl (C=O) groups excluding carboxylic acids is 5. The van der Waals surface area contributed by atoms with E-state index in [1.54, 1.807) is 60.7 Å². The van der Waals surface area contributed by atoms with Gasteiger partial charge < -0.3 is 40.0 Å². The highest BCUT2D eigenvalue weighted by Crippen LogP contribution is 2.14. The summed E-state index contributed by atoms with van der Waals surface area (Å²) in [5.41, 5.74) is 1.47. The molecule has 0 radical (unpaired) electrons. The van der Waals surface area contributed by atoms with Crippen LogP contribution in [0.25, 0.3) is 0 Å². The summed E-state index contributed by atoms with van der Waals surface area (Å²) >= 11 is 0. The SMILES string of the molecule is O=C(C[C@H]1CC=CC[C@@H](NC(=O)OCc2ccccc2)C(=O)OC[C@H](C(=O)OCc2ccccc2)NC1=O)NCCOCCO. The number of cyclic esters (lactones) is 1. The summed E-state index contributed by atoms with van der Waals surface area (Å²) in [5.74, 6) is -3.58. The van der Waals surface area contributed by atoms with Crippen molar-refractivity contribution in [3.05, 3.63) is 83.9 Å². The Balaban J connectivity index is 1.69. The van der Waals surface area contributed by atoms with Gasteiger partial charge in [-0.1, -0.05) is 72.8 Å². The predicted molar refractivity (Wildman–Crippen MR) is 160 cm³/mol. The zero-order chi connectivity index (χ0) is 32.3. The van der Waals surface area contributed by atoms with Gasteiger partial charge in [0.2, 0.25) is 11.8 Å². The lowest BCUT2D eigenvalue weighted by Crippen LogP contribution is -2.49. The Hall–Kier alpha value is -4.75. The molecule has 0 aliphatic carbocycles. The lowest BCUT2D eigenvalue weighted by atomic mass is 9.98. The average Bonchev–Trinajstić information content (AvgIpc) is 3.05. The fraction of sp³-hybridized carbons (Fsp3) is 0.406. The first-order valence-electron chi connectivity index (χ1n) is 14.6. The van der Waals surface area contributed by atoms with E-state index in [-0.39, 0.29) is 58.8 Å². The monoisotopic (exact) mass is 625 g/mol. The molecule has 1 aliphatic rings. The van der Waals surface area contributed by atoms with Crippen molar-refractivity contribution in [1.29, 1.82) is 0 Å². The number of amides is 3. The van der Waals surface area contributed by atoms with E-state index in [9.17, 15) is 24.0 Å². The summed E-state index contributed by atoms with van der Waals surface area (Å²) in [6.07, 6.45) is 2.28. The molecule has 0 unspecified atom stereocenters. The first-order valence-corrected chi connectivity index (χ1v) is 14.6. The van der Waals surface area contributed by atoms with Crippen LogP contribution in [0, 0.1) is 5.92 Å². The highest BCUT2D eigenvalue weighted by atomic mass is 16.6. The average molecular weight is 626 g/mol. The van der Waals surface area contributed by atoms with Gasteiger partial charge in [-0.3, -0.25) is 9.59 Å². The number of hydrogen-bond donors (Lipinski definition) is 4. The number of esters is 2. The normalized spacial score (nSPS) is 18.7. The number of allylic oxidation sites excluding steroid dienone is 1. The van der Waals surface area contributed by atoms with E-state index in [4.69, 9.17) is 24.1 Å². The Morgan fingerprint density at radius 2 is 1.53 bits per heavy atom. The second kappa shape index (κ2) is 19.5. The van der Waals surface area contributed by atoms with Crippen molar-refractivity contribution in [2.75, 3.05) is 33.0 Å². The molecule has 1 heterocycles. The molecule has 3 amide bonds.